The molecule has 4 aromatic rings. The first-order valence-corrected chi connectivity index (χ1v) is 14.2. The third-order valence-electron chi connectivity index (χ3n) is 7.99. The quantitative estimate of drug-likeness (QED) is 0.303. The molecule has 2 aliphatic rings. The number of pyridine rings is 1. The molecule has 4 heterocycles. The molecule has 2 aliphatic heterocycles. The molecule has 0 unspecified atom stereocenters. The Morgan fingerprint density at radius 3 is 2.59 bits per heavy atom. The number of ether oxygens (including phenoxy) is 1. The standard InChI is InChI=1S/C32H38N6O/c1-23(24-8-10-28(11-9-24)39-29-12-14-33-15-13-29)36-32-19-27-18-25(6-7-26(27)20-34-32)30-21-35-37(2)31(30)22-38-16-4-3-5-17-38/h6-11,18-21,29,33H,1,3-5,12-17,22H2,2H3,(H,34,36). The molecule has 0 amide bonds. The Morgan fingerprint density at radius 1 is 1.00 bits per heavy atom. The number of hydrogen-bond donors (Lipinski definition) is 2. The maximum absolute atomic E-state index is 6.15. The third kappa shape index (κ3) is 6.00. The number of nitrogens with zero attached hydrogens (tertiary/aromatic N) is 4. The predicted molar refractivity (Wildman–Crippen MR) is 159 cm³/mol. The molecule has 2 aromatic carbocycles. The molecular formula is C32H38N6O. The van der Waals surface area contributed by atoms with Gasteiger partial charge < -0.3 is 15.4 Å². The van der Waals surface area contributed by atoms with Crippen LogP contribution in [0.1, 0.15) is 43.4 Å². The van der Waals surface area contributed by atoms with Gasteiger partial charge in [0.25, 0.3) is 0 Å². The van der Waals surface area contributed by atoms with Gasteiger partial charge in [-0.3, -0.25) is 9.58 Å². The number of aryl methyl sites for hydroxylation is 1. The Kier molecular flexibility index (Phi) is 7.61. The van der Waals surface area contributed by atoms with Crippen LogP contribution in [-0.4, -0.2) is 51.9 Å². The Balaban J connectivity index is 1.17. The summed E-state index contributed by atoms with van der Waals surface area (Å²) < 4.78 is 8.17. The Labute approximate surface area is 230 Å². The highest BCUT2D eigenvalue weighted by molar-refractivity contribution is 5.89. The van der Waals surface area contributed by atoms with Crippen LogP contribution in [-0.2, 0) is 13.6 Å². The molecule has 6 rings (SSSR count). The van der Waals surface area contributed by atoms with Gasteiger partial charge in [0, 0.05) is 36.4 Å². The van der Waals surface area contributed by atoms with E-state index in [9.17, 15) is 0 Å². The summed E-state index contributed by atoms with van der Waals surface area (Å²) in [6.45, 7) is 9.58. The van der Waals surface area contributed by atoms with Crippen molar-refractivity contribution in [1.29, 1.82) is 0 Å². The third-order valence-corrected chi connectivity index (χ3v) is 7.99. The van der Waals surface area contributed by atoms with Crippen molar-refractivity contribution in [3.63, 3.8) is 0 Å². The molecule has 0 radical (unpaired) electrons. The first-order chi connectivity index (χ1) is 19.1. The van der Waals surface area contributed by atoms with Crippen molar-refractivity contribution in [1.82, 2.24) is 25.0 Å². The molecule has 7 nitrogen and oxygen atoms in total. The van der Waals surface area contributed by atoms with Crippen LogP contribution in [0.5, 0.6) is 5.75 Å². The molecule has 202 valence electrons. The number of benzene rings is 2. The maximum atomic E-state index is 6.15. The lowest BCUT2D eigenvalue weighted by atomic mass is 10.0. The predicted octanol–water partition coefficient (Wildman–Crippen LogP) is 5.83. The summed E-state index contributed by atoms with van der Waals surface area (Å²) in [6.07, 6.45) is 10.2. The SMILES string of the molecule is C=C(Nc1cc2cc(-c3cnn(C)c3CN3CCCCC3)ccc2cn1)c1ccc(OC2CCNCC2)cc1. The number of hydrogen-bond acceptors (Lipinski definition) is 6. The highest BCUT2D eigenvalue weighted by atomic mass is 16.5. The average Bonchev–Trinajstić information content (AvgIpc) is 3.33. The highest BCUT2D eigenvalue weighted by Crippen LogP contribution is 2.30. The van der Waals surface area contributed by atoms with Gasteiger partial charge in [-0.15, -0.1) is 0 Å². The van der Waals surface area contributed by atoms with E-state index in [2.05, 4.69) is 68.6 Å². The minimum atomic E-state index is 0.289. The molecule has 2 aromatic heterocycles. The fourth-order valence-corrected chi connectivity index (χ4v) is 5.66. The van der Waals surface area contributed by atoms with Crippen molar-refractivity contribution in [2.45, 2.75) is 44.8 Å². The zero-order valence-corrected chi connectivity index (χ0v) is 22.8. The number of rotatable bonds is 8. The van der Waals surface area contributed by atoms with Crippen LogP contribution in [0.2, 0.25) is 0 Å². The zero-order chi connectivity index (χ0) is 26.6. The van der Waals surface area contributed by atoms with Gasteiger partial charge in [0.05, 0.1) is 11.9 Å². The number of likely N-dealkylation sites (tertiary alicyclic amines) is 1. The second-order valence-electron chi connectivity index (χ2n) is 10.8. The van der Waals surface area contributed by atoms with Crippen molar-refractivity contribution in [2.75, 3.05) is 31.5 Å². The van der Waals surface area contributed by atoms with E-state index in [-0.39, 0.29) is 6.10 Å². The molecule has 2 saturated heterocycles. The van der Waals surface area contributed by atoms with Crippen LogP contribution in [0.25, 0.3) is 27.6 Å². The molecule has 0 atom stereocenters. The molecule has 0 saturated carbocycles. The maximum Gasteiger partial charge on any atom is 0.130 e. The van der Waals surface area contributed by atoms with Gasteiger partial charge in [0.2, 0.25) is 0 Å². The normalized spacial score (nSPS) is 16.8. The number of anilines is 1. The second kappa shape index (κ2) is 11.6. The number of fused-ring (bicyclic) bond motifs is 1. The minimum absolute atomic E-state index is 0.289. The molecule has 0 bridgehead atoms. The molecule has 0 spiro atoms. The zero-order valence-electron chi connectivity index (χ0n) is 22.8. The fourth-order valence-electron chi connectivity index (χ4n) is 5.66. The number of aromatic nitrogens is 3. The summed E-state index contributed by atoms with van der Waals surface area (Å²) >= 11 is 0. The lowest BCUT2D eigenvalue weighted by Crippen LogP contribution is -2.34. The summed E-state index contributed by atoms with van der Waals surface area (Å²) in [6, 6.07) is 16.8. The van der Waals surface area contributed by atoms with Crippen LogP contribution >= 0.6 is 0 Å². The van der Waals surface area contributed by atoms with E-state index in [1.165, 1.54) is 49.2 Å². The Bertz CT molecular complexity index is 1430. The molecule has 2 N–H and O–H groups in total. The minimum Gasteiger partial charge on any atom is -0.490 e. The van der Waals surface area contributed by atoms with Crippen LogP contribution in [0.15, 0.2) is 67.5 Å². The van der Waals surface area contributed by atoms with E-state index in [0.29, 0.717) is 0 Å². The summed E-state index contributed by atoms with van der Waals surface area (Å²) in [5.41, 5.74) is 5.48. The van der Waals surface area contributed by atoms with E-state index in [0.717, 1.165) is 66.1 Å². The van der Waals surface area contributed by atoms with Gasteiger partial charge >= 0.3 is 0 Å². The Morgan fingerprint density at radius 2 is 1.79 bits per heavy atom. The number of nitrogens with one attached hydrogen (secondary N) is 2. The largest absolute Gasteiger partial charge is 0.490 e. The van der Waals surface area contributed by atoms with Crippen LogP contribution in [0.3, 0.4) is 0 Å². The van der Waals surface area contributed by atoms with Crippen molar-refractivity contribution in [3.8, 4) is 16.9 Å². The van der Waals surface area contributed by atoms with E-state index >= 15 is 0 Å². The first kappa shape index (κ1) is 25.6. The van der Waals surface area contributed by atoms with E-state index in [1.54, 1.807) is 0 Å². The monoisotopic (exact) mass is 522 g/mol. The van der Waals surface area contributed by atoms with Crippen LogP contribution < -0.4 is 15.4 Å². The van der Waals surface area contributed by atoms with E-state index < -0.39 is 0 Å². The lowest BCUT2D eigenvalue weighted by Gasteiger charge is -2.26. The number of piperidine rings is 2. The van der Waals surface area contributed by atoms with Gasteiger partial charge in [-0.2, -0.15) is 5.10 Å². The highest BCUT2D eigenvalue weighted by Gasteiger charge is 2.17. The molecule has 39 heavy (non-hydrogen) atoms. The lowest BCUT2D eigenvalue weighted by molar-refractivity contribution is 0.162. The molecule has 0 aliphatic carbocycles. The van der Waals surface area contributed by atoms with Crippen LogP contribution in [0, 0.1) is 0 Å². The van der Waals surface area contributed by atoms with Crippen molar-refractivity contribution in [3.05, 3.63) is 78.8 Å². The van der Waals surface area contributed by atoms with Gasteiger partial charge in [-0.25, -0.2) is 4.98 Å². The summed E-state index contributed by atoms with van der Waals surface area (Å²) in [4.78, 5) is 7.19. The topological polar surface area (TPSA) is 67.2 Å². The van der Waals surface area contributed by atoms with Crippen molar-refractivity contribution in [2.24, 2.45) is 7.05 Å². The molecular weight excluding hydrogens is 484 g/mol. The van der Waals surface area contributed by atoms with Gasteiger partial charge in [-0.1, -0.05) is 25.1 Å². The summed E-state index contributed by atoms with van der Waals surface area (Å²) in [7, 11) is 2.05. The van der Waals surface area contributed by atoms with Crippen molar-refractivity contribution < 1.29 is 4.74 Å². The van der Waals surface area contributed by atoms with Gasteiger partial charge in [-0.05, 0) is 105 Å². The fraction of sp³-hybridized carbons (Fsp3) is 0.375. The van der Waals surface area contributed by atoms with Gasteiger partial charge in [0.1, 0.15) is 17.7 Å². The summed E-state index contributed by atoms with van der Waals surface area (Å²) in [5.74, 6) is 1.68. The smallest absolute Gasteiger partial charge is 0.130 e. The second-order valence-corrected chi connectivity index (χ2v) is 10.8. The average molecular weight is 523 g/mol. The summed E-state index contributed by atoms with van der Waals surface area (Å²) in [5, 5.41) is 13.6. The van der Waals surface area contributed by atoms with Crippen LogP contribution in [0.4, 0.5) is 5.82 Å². The van der Waals surface area contributed by atoms with E-state index in [4.69, 9.17) is 4.74 Å². The molecule has 2 fully saturated rings. The first-order valence-electron chi connectivity index (χ1n) is 14.2. The van der Waals surface area contributed by atoms with Crippen molar-refractivity contribution >= 4 is 22.3 Å². The molecule has 7 heteroatoms. The van der Waals surface area contributed by atoms with Gasteiger partial charge in [0.15, 0.2) is 0 Å². The van der Waals surface area contributed by atoms with E-state index in [1.807, 2.05) is 36.3 Å². The Hall–Kier alpha value is -3.68.